The van der Waals surface area contributed by atoms with E-state index in [4.69, 9.17) is 21.1 Å². The predicted octanol–water partition coefficient (Wildman–Crippen LogP) is 5.41. The summed E-state index contributed by atoms with van der Waals surface area (Å²) in [7, 11) is 1.64. The van der Waals surface area contributed by atoms with Crippen LogP contribution in [0.4, 0.5) is 0 Å². The van der Waals surface area contributed by atoms with Gasteiger partial charge < -0.3 is 14.8 Å². The molecule has 0 aliphatic rings. The van der Waals surface area contributed by atoms with Crippen molar-refractivity contribution in [1.82, 2.24) is 5.32 Å². The SMILES string of the molecule is CC[C@H](Oc1cccc(Cl)c1)C(=O)N[C@H](CC(C)C)c1ccc(OC)cc1. The summed E-state index contributed by atoms with van der Waals surface area (Å²) in [6.45, 7) is 6.21. The summed E-state index contributed by atoms with van der Waals surface area (Å²) in [6.07, 6.45) is 0.831. The number of benzene rings is 2. The van der Waals surface area contributed by atoms with Gasteiger partial charge in [0.05, 0.1) is 13.2 Å². The zero-order valence-corrected chi connectivity index (χ0v) is 17.1. The van der Waals surface area contributed by atoms with Crippen LogP contribution in [0.5, 0.6) is 11.5 Å². The fourth-order valence-corrected chi connectivity index (χ4v) is 3.06. The van der Waals surface area contributed by atoms with Crippen LogP contribution in [0.3, 0.4) is 0 Å². The van der Waals surface area contributed by atoms with Crippen molar-refractivity contribution in [3.05, 3.63) is 59.1 Å². The van der Waals surface area contributed by atoms with Gasteiger partial charge in [0, 0.05) is 5.02 Å². The van der Waals surface area contributed by atoms with E-state index in [1.54, 1.807) is 31.4 Å². The number of methoxy groups -OCH3 is 1. The second kappa shape index (κ2) is 10.2. The first-order valence-electron chi connectivity index (χ1n) is 9.29. The Hall–Kier alpha value is -2.20. The topological polar surface area (TPSA) is 47.6 Å². The van der Waals surface area contributed by atoms with Crippen molar-refractivity contribution in [1.29, 1.82) is 0 Å². The maximum Gasteiger partial charge on any atom is 0.261 e. The molecular weight excluding hydrogens is 362 g/mol. The summed E-state index contributed by atoms with van der Waals surface area (Å²) in [5, 5.41) is 3.73. The van der Waals surface area contributed by atoms with Crippen molar-refractivity contribution in [3.63, 3.8) is 0 Å². The fourth-order valence-electron chi connectivity index (χ4n) is 2.88. The van der Waals surface area contributed by atoms with Gasteiger partial charge in [0.2, 0.25) is 0 Å². The molecule has 0 saturated carbocycles. The third-order valence-corrected chi connectivity index (χ3v) is 4.51. The van der Waals surface area contributed by atoms with Crippen LogP contribution < -0.4 is 14.8 Å². The van der Waals surface area contributed by atoms with E-state index in [2.05, 4.69) is 19.2 Å². The van der Waals surface area contributed by atoms with Crippen LogP contribution in [-0.4, -0.2) is 19.1 Å². The second-order valence-corrected chi connectivity index (χ2v) is 7.37. The highest BCUT2D eigenvalue weighted by Gasteiger charge is 2.23. The highest BCUT2D eigenvalue weighted by Crippen LogP contribution is 2.25. The standard InChI is InChI=1S/C22H28ClNO3/c1-5-21(27-19-8-6-7-17(23)14-19)22(25)24-20(13-15(2)3)16-9-11-18(26-4)12-10-16/h6-12,14-15,20-21H,5,13H2,1-4H3,(H,24,25)/t20-,21+/m1/s1. The monoisotopic (exact) mass is 389 g/mol. The second-order valence-electron chi connectivity index (χ2n) is 6.94. The minimum atomic E-state index is -0.573. The van der Waals surface area contributed by atoms with Crippen molar-refractivity contribution < 1.29 is 14.3 Å². The number of rotatable bonds is 9. The lowest BCUT2D eigenvalue weighted by atomic mass is 9.96. The van der Waals surface area contributed by atoms with Crippen LogP contribution in [0.1, 0.15) is 45.2 Å². The highest BCUT2D eigenvalue weighted by atomic mass is 35.5. The van der Waals surface area contributed by atoms with E-state index in [0.29, 0.717) is 23.1 Å². The van der Waals surface area contributed by atoms with Gasteiger partial charge in [0.15, 0.2) is 6.10 Å². The van der Waals surface area contributed by atoms with E-state index < -0.39 is 6.10 Å². The molecule has 146 valence electrons. The number of amides is 1. The Bertz CT molecular complexity index is 731. The molecule has 0 unspecified atom stereocenters. The van der Waals surface area contributed by atoms with Crippen molar-refractivity contribution >= 4 is 17.5 Å². The smallest absolute Gasteiger partial charge is 0.261 e. The van der Waals surface area contributed by atoms with Crippen LogP contribution >= 0.6 is 11.6 Å². The van der Waals surface area contributed by atoms with Crippen molar-refractivity contribution in [3.8, 4) is 11.5 Å². The molecule has 2 rings (SSSR count). The molecule has 2 aromatic carbocycles. The number of ether oxygens (including phenoxy) is 2. The first-order valence-corrected chi connectivity index (χ1v) is 9.67. The Morgan fingerprint density at radius 1 is 1.11 bits per heavy atom. The number of carbonyl (C=O) groups is 1. The van der Waals surface area contributed by atoms with Gasteiger partial charge in [-0.3, -0.25) is 4.79 Å². The summed E-state index contributed by atoms with van der Waals surface area (Å²) >= 11 is 6.01. The Morgan fingerprint density at radius 3 is 2.37 bits per heavy atom. The lowest BCUT2D eigenvalue weighted by Gasteiger charge is -2.24. The molecule has 1 N–H and O–H groups in total. The van der Waals surface area contributed by atoms with Gasteiger partial charge in [-0.1, -0.05) is 50.6 Å². The zero-order valence-electron chi connectivity index (χ0n) is 16.4. The van der Waals surface area contributed by atoms with E-state index >= 15 is 0 Å². The number of halogens is 1. The summed E-state index contributed by atoms with van der Waals surface area (Å²) in [6, 6.07) is 14.8. The molecule has 0 fully saturated rings. The minimum Gasteiger partial charge on any atom is -0.497 e. The van der Waals surface area contributed by atoms with Crippen LogP contribution in [0.15, 0.2) is 48.5 Å². The van der Waals surface area contributed by atoms with Gasteiger partial charge in [-0.25, -0.2) is 0 Å². The summed E-state index contributed by atoms with van der Waals surface area (Å²) < 4.78 is 11.1. The minimum absolute atomic E-state index is 0.0829. The maximum atomic E-state index is 12.9. The average molecular weight is 390 g/mol. The maximum absolute atomic E-state index is 12.9. The van der Waals surface area contributed by atoms with Crippen molar-refractivity contribution in [2.24, 2.45) is 5.92 Å². The van der Waals surface area contributed by atoms with Crippen LogP contribution in [-0.2, 0) is 4.79 Å². The molecule has 0 bridgehead atoms. The first-order chi connectivity index (χ1) is 12.9. The van der Waals surface area contributed by atoms with Gasteiger partial charge >= 0.3 is 0 Å². The molecule has 0 saturated heterocycles. The van der Waals surface area contributed by atoms with Crippen LogP contribution in [0.2, 0.25) is 5.02 Å². The van der Waals surface area contributed by atoms with Gasteiger partial charge in [-0.05, 0) is 54.7 Å². The molecule has 2 atom stereocenters. The number of nitrogens with one attached hydrogen (secondary N) is 1. The third-order valence-electron chi connectivity index (χ3n) is 4.28. The molecule has 0 spiro atoms. The molecule has 0 radical (unpaired) electrons. The van der Waals surface area contributed by atoms with E-state index in [1.165, 1.54) is 0 Å². The molecule has 4 nitrogen and oxygen atoms in total. The molecule has 0 heterocycles. The molecule has 0 aliphatic carbocycles. The molecule has 27 heavy (non-hydrogen) atoms. The Kier molecular flexibility index (Phi) is 7.99. The Balaban J connectivity index is 2.12. The van der Waals surface area contributed by atoms with Gasteiger partial charge in [0.1, 0.15) is 11.5 Å². The van der Waals surface area contributed by atoms with E-state index in [9.17, 15) is 4.79 Å². The lowest BCUT2D eigenvalue weighted by Crippen LogP contribution is -2.40. The summed E-state index contributed by atoms with van der Waals surface area (Å²) in [5.74, 6) is 1.70. The number of hydrogen-bond donors (Lipinski definition) is 1. The molecular formula is C22H28ClNO3. The molecule has 0 aliphatic heterocycles. The molecule has 0 aromatic heterocycles. The molecule has 1 amide bonds. The van der Waals surface area contributed by atoms with E-state index in [-0.39, 0.29) is 11.9 Å². The van der Waals surface area contributed by atoms with Gasteiger partial charge in [-0.2, -0.15) is 0 Å². The molecule has 2 aromatic rings. The largest absolute Gasteiger partial charge is 0.497 e. The average Bonchev–Trinajstić information content (AvgIpc) is 2.65. The first kappa shape index (κ1) is 21.1. The zero-order chi connectivity index (χ0) is 19.8. The molecule has 5 heteroatoms. The fraction of sp³-hybridized carbons (Fsp3) is 0.409. The van der Waals surface area contributed by atoms with Crippen molar-refractivity contribution in [2.75, 3.05) is 7.11 Å². The summed E-state index contributed by atoms with van der Waals surface area (Å²) in [5.41, 5.74) is 1.05. The van der Waals surface area contributed by atoms with Crippen LogP contribution in [0, 0.1) is 5.92 Å². The Labute approximate surface area is 166 Å². The van der Waals surface area contributed by atoms with Gasteiger partial charge in [-0.15, -0.1) is 0 Å². The number of hydrogen-bond acceptors (Lipinski definition) is 3. The quantitative estimate of drug-likeness (QED) is 0.623. The predicted molar refractivity (Wildman–Crippen MR) is 109 cm³/mol. The number of carbonyl (C=O) groups excluding carboxylic acids is 1. The van der Waals surface area contributed by atoms with Gasteiger partial charge in [0.25, 0.3) is 5.91 Å². The Morgan fingerprint density at radius 2 is 1.81 bits per heavy atom. The van der Waals surface area contributed by atoms with Crippen LogP contribution in [0.25, 0.3) is 0 Å². The van der Waals surface area contributed by atoms with Crippen molar-refractivity contribution in [2.45, 2.75) is 45.8 Å². The normalized spacial score (nSPS) is 13.1. The van der Waals surface area contributed by atoms with E-state index in [1.807, 2.05) is 31.2 Å². The van der Waals surface area contributed by atoms with E-state index in [0.717, 1.165) is 17.7 Å². The third kappa shape index (κ3) is 6.47. The lowest BCUT2D eigenvalue weighted by molar-refractivity contribution is -0.129. The summed E-state index contributed by atoms with van der Waals surface area (Å²) in [4.78, 5) is 12.9. The highest BCUT2D eigenvalue weighted by molar-refractivity contribution is 6.30.